The molecule has 0 heterocycles. The Morgan fingerprint density at radius 3 is 1.74 bits per heavy atom. The van der Waals surface area contributed by atoms with Gasteiger partial charge in [-0.05, 0) is 109 Å². The summed E-state index contributed by atoms with van der Waals surface area (Å²) in [4.78, 5) is 0. The van der Waals surface area contributed by atoms with Crippen LogP contribution in [0.2, 0.25) is 0 Å². The van der Waals surface area contributed by atoms with Crippen LogP contribution in [0.1, 0.15) is 61.6 Å². The third-order valence-corrected chi connectivity index (χ3v) is 8.93. The Morgan fingerprint density at radius 2 is 1.11 bits per heavy atom. The Morgan fingerprint density at radius 1 is 0.547 bits per heavy atom. The van der Waals surface area contributed by atoms with Crippen molar-refractivity contribution in [3.63, 3.8) is 0 Å². The molecule has 0 fully saturated rings. The summed E-state index contributed by atoms with van der Waals surface area (Å²) in [6.07, 6.45) is 5.88. The zero-order chi connectivity index (χ0) is 38.2. The van der Waals surface area contributed by atoms with Gasteiger partial charge in [0.2, 0.25) is 0 Å². The van der Waals surface area contributed by atoms with E-state index in [2.05, 4.69) is 165 Å². The number of aryl methyl sites for hydroxylation is 1. The van der Waals surface area contributed by atoms with Crippen molar-refractivity contribution in [1.82, 2.24) is 5.32 Å². The third kappa shape index (κ3) is 10.1. The lowest BCUT2D eigenvalue weighted by atomic mass is 9.91. The minimum atomic E-state index is -0.287. The largest absolute Gasteiger partial charge is 0.388 e. The monoisotopic (exact) mass is 694 g/mol. The molecule has 7 aromatic rings. The van der Waals surface area contributed by atoms with Crippen LogP contribution in [0.3, 0.4) is 0 Å². The maximum Gasteiger partial charge on any atom is 0.0510 e. The molecule has 7 rings (SSSR count). The van der Waals surface area contributed by atoms with Gasteiger partial charge < -0.3 is 11.1 Å². The topological polar surface area (TPSA) is 38.0 Å². The highest BCUT2D eigenvalue weighted by Gasteiger charge is 2.13. The van der Waals surface area contributed by atoms with E-state index in [1.807, 2.05) is 65.1 Å². The number of hydrogen-bond acceptors (Lipinski definition) is 2. The van der Waals surface area contributed by atoms with E-state index in [0.29, 0.717) is 0 Å². The van der Waals surface area contributed by atoms with Crippen molar-refractivity contribution in [3.05, 3.63) is 199 Å². The molecule has 0 saturated heterocycles. The van der Waals surface area contributed by atoms with Crippen LogP contribution in [0.5, 0.6) is 0 Å². The van der Waals surface area contributed by atoms with Gasteiger partial charge in [-0.3, -0.25) is 0 Å². The van der Waals surface area contributed by atoms with Gasteiger partial charge in [-0.1, -0.05) is 180 Å². The molecule has 1 unspecified atom stereocenters. The van der Waals surface area contributed by atoms with Crippen LogP contribution in [0, 0.1) is 6.92 Å². The highest BCUT2D eigenvalue weighted by molar-refractivity contribution is 5.90. The molecule has 0 aliphatic carbocycles. The highest BCUT2D eigenvalue weighted by atomic mass is 14.8. The third-order valence-electron chi connectivity index (χ3n) is 8.93. The number of hydrogen-bond donors (Lipinski definition) is 2. The lowest BCUT2D eigenvalue weighted by Gasteiger charge is -2.17. The van der Waals surface area contributed by atoms with E-state index in [-0.39, 0.29) is 6.04 Å². The molecule has 0 aliphatic rings. The molecule has 268 valence electrons. The van der Waals surface area contributed by atoms with E-state index in [9.17, 15) is 0 Å². The van der Waals surface area contributed by atoms with Crippen molar-refractivity contribution in [2.24, 2.45) is 5.73 Å². The molecule has 7 aromatic carbocycles. The van der Waals surface area contributed by atoms with Crippen molar-refractivity contribution >= 4 is 39.4 Å². The molecule has 53 heavy (non-hydrogen) atoms. The standard InChI is InChI=1S/C40H34N2.C7H8.2C2H6/c1-4-27-17-19-32(21-28(27)5-2)34-23-35(33-20-18-29-11-6-7-13-31(29)22-33)25-36(24-34)40(42-3)26-39(41)38-16-10-14-30-12-8-9-15-37(30)38;1-7-5-3-2-4-6-7;2*1-2/h4-26,39,42H,1-2,41H2,3H3;2-6H,1H3;2*1-2H3/b40-26-;;;. The minimum Gasteiger partial charge on any atom is -0.388 e. The first-order valence-electron chi connectivity index (χ1n) is 18.7. The number of fused-ring (bicyclic) bond motifs is 2. The summed E-state index contributed by atoms with van der Waals surface area (Å²) in [7, 11) is 1.96. The van der Waals surface area contributed by atoms with Crippen molar-refractivity contribution < 1.29 is 0 Å². The molecule has 3 N–H and O–H groups in total. The Balaban J connectivity index is 0.000000500. The molecule has 0 aliphatic heterocycles. The molecular formula is C51H54N2. The first-order valence-corrected chi connectivity index (χ1v) is 18.7. The van der Waals surface area contributed by atoms with E-state index >= 15 is 0 Å². The first kappa shape index (κ1) is 39.8. The number of nitrogens with one attached hydrogen (secondary N) is 1. The fraction of sp³-hybridized carbons (Fsp3) is 0.137. The Kier molecular flexibility index (Phi) is 15.2. The number of benzene rings is 7. The van der Waals surface area contributed by atoms with Gasteiger partial charge in [0.25, 0.3) is 0 Å². The van der Waals surface area contributed by atoms with Gasteiger partial charge in [-0.2, -0.15) is 0 Å². The van der Waals surface area contributed by atoms with E-state index in [4.69, 9.17) is 5.73 Å². The summed E-state index contributed by atoms with van der Waals surface area (Å²) in [6.45, 7) is 18.1. The van der Waals surface area contributed by atoms with Gasteiger partial charge in [0.1, 0.15) is 0 Å². The van der Waals surface area contributed by atoms with Gasteiger partial charge in [0, 0.05) is 12.7 Å². The molecule has 0 amide bonds. The minimum absolute atomic E-state index is 0.287. The molecule has 0 aromatic heterocycles. The molecule has 0 bridgehead atoms. The zero-order valence-electron chi connectivity index (χ0n) is 32.2. The second-order valence-corrected chi connectivity index (χ2v) is 12.2. The average molecular weight is 695 g/mol. The zero-order valence-corrected chi connectivity index (χ0v) is 32.2. The lowest BCUT2D eigenvalue weighted by Crippen LogP contribution is -2.13. The van der Waals surface area contributed by atoms with Crippen LogP contribution in [-0.2, 0) is 0 Å². The summed E-state index contributed by atoms with van der Waals surface area (Å²) in [5.41, 5.74) is 18.0. The van der Waals surface area contributed by atoms with Gasteiger partial charge in [-0.15, -0.1) is 0 Å². The van der Waals surface area contributed by atoms with E-state index in [1.54, 1.807) is 0 Å². The highest BCUT2D eigenvalue weighted by Crippen LogP contribution is 2.34. The van der Waals surface area contributed by atoms with Crippen LogP contribution >= 0.6 is 0 Å². The predicted molar refractivity (Wildman–Crippen MR) is 237 cm³/mol. The van der Waals surface area contributed by atoms with Gasteiger partial charge in [0.15, 0.2) is 0 Å². The average Bonchev–Trinajstić information content (AvgIpc) is 3.23. The molecule has 0 saturated carbocycles. The van der Waals surface area contributed by atoms with E-state index in [1.165, 1.54) is 27.1 Å². The summed E-state index contributed by atoms with van der Waals surface area (Å²) < 4.78 is 0. The number of nitrogens with two attached hydrogens (primary N) is 1. The van der Waals surface area contributed by atoms with Crippen LogP contribution < -0.4 is 11.1 Å². The number of rotatable bonds is 8. The van der Waals surface area contributed by atoms with Crippen LogP contribution in [0.25, 0.3) is 61.6 Å². The van der Waals surface area contributed by atoms with Crippen molar-refractivity contribution in [3.8, 4) is 22.3 Å². The smallest absolute Gasteiger partial charge is 0.0510 e. The van der Waals surface area contributed by atoms with Crippen molar-refractivity contribution in [2.75, 3.05) is 7.05 Å². The maximum absolute atomic E-state index is 6.87. The Labute approximate surface area is 318 Å². The first-order chi connectivity index (χ1) is 26.0. The van der Waals surface area contributed by atoms with E-state index < -0.39 is 0 Å². The predicted octanol–water partition coefficient (Wildman–Crippen LogP) is 13.9. The van der Waals surface area contributed by atoms with Crippen molar-refractivity contribution in [2.45, 2.75) is 40.7 Å². The maximum atomic E-state index is 6.87. The fourth-order valence-electron chi connectivity index (χ4n) is 6.27. The Hall–Kier alpha value is -5.96. The second kappa shape index (κ2) is 20.2. The van der Waals surface area contributed by atoms with Crippen molar-refractivity contribution in [1.29, 1.82) is 0 Å². The normalized spacial score (nSPS) is 11.1. The second-order valence-electron chi connectivity index (χ2n) is 12.2. The fourth-order valence-corrected chi connectivity index (χ4v) is 6.27. The summed E-state index contributed by atoms with van der Waals surface area (Å²) in [5.74, 6) is 0. The SMILES string of the molecule is C=Cc1ccc(-c2cc(/C(=C/C(N)c3cccc4ccccc34)NC)cc(-c3ccc4ccccc4c3)c2)cc1C=C.CC.CC.Cc1ccccc1. The molecule has 0 spiro atoms. The quantitative estimate of drug-likeness (QED) is 0.166. The molecule has 2 nitrogen and oxygen atoms in total. The van der Waals surface area contributed by atoms with E-state index in [0.717, 1.165) is 50.2 Å². The molecule has 1 atom stereocenters. The van der Waals surface area contributed by atoms with Gasteiger partial charge >= 0.3 is 0 Å². The lowest BCUT2D eigenvalue weighted by molar-refractivity contribution is 0.912. The molecule has 0 radical (unpaired) electrons. The summed E-state index contributed by atoms with van der Waals surface area (Å²) in [5, 5.41) is 8.25. The van der Waals surface area contributed by atoms with Crippen LogP contribution in [0.15, 0.2) is 171 Å². The van der Waals surface area contributed by atoms with Crippen LogP contribution in [-0.4, -0.2) is 7.05 Å². The van der Waals surface area contributed by atoms with Gasteiger partial charge in [-0.25, -0.2) is 0 Å². The van der Waals surface area contributed by atoms with Crippen LogP contribution in [0.4, 0.5) is 0 Å². The molecule has 2 heteroatoms. The molecular weight excluding hydrogens is 641 g/mol. The Bertz CT molecular complexity index is 2270. The van der Waals surface area contributed by atoms with Gasteiger partial charge in [0.05, 0.1) is 6.04 Å². The summed E-state index contributed by atoms with van der Waals surface area (Å²) in [6, 6.07) is 53.0. The summed E-state index contributed by atoms with van der Waals surface area (Å²) >= 11 is 0.